The third-order valence-corrected chi connectivity index (χ3v) is 3.72. The van der Waals surface area contributed by atoms with Gasteiger partial charge in [-0.3, -0.25) is 0 Å². The summed E-state index contributed by atoms with van der Waals surface area (Å²) in [6, 6.07) is 9.51. The van der Waals surface area contributed by atoms with Gasteiger partial charge in [-0.25, -0.2) is 4.98 Å². The van der Waals surface area contributed by atoms with Gasteiger partial charge < -0.3 is 9.80 Å². The van der Waals surface area contributed by atoms with E-state index in [2.05, 4.69) is 15.2 Å². The smallest absolute Gasteiger partial charge is 0.353 e. The average molecular weight is 334 g/mol. The molecule has 9 heteroatoms. The van der Waals surface area contributed by atoms with Crippen LogP contribution in [0.3, 0.4) is 0 Å². The predicted octanol–water partition coefficient (Wildman–Crippen LogP) is 2.09. The molecule has 2 aromatic heterocycles. The quantitative estimate of drug-likeness (QED) is 0.838. The first-order valence-corrected chi connectivity index (χ1v) is 7.25. The third kappa shape index (κ3) is 3.37. The van der Waals surface area contributed by atoms with E-state index in [0.29, 0.717) is 43.5 Å². The fraction of sp³-hybridized carbons (Fsp3) is 0.333. The van der Waals surface area contributed by atoms with Crippen molar-refractivity contribution in [3.8, 4) is 6.07 Å². The number of anilines is 2. The molecule has 2 aromatic rings. The summed E-state index contributed by atoms with van der Waals surface area (Å²) in [6.45, 7) is 2.42. The van der Waals surface area contributed by atoms with Crippen LogP contribution in [0.15, 0.2) is 30.3 Å². The highest BCUT2D eigenvalue weighted by atomic mass is 19.4. The van der Waals surface area contributed by atoms with Crippen LogP contribution in [-0.2, 0) is 6.18 Å². The minimum Gasteiger partial charge on any atom is -0.353 e. The summed E-state index contributed by atoms with van der Waals surface area (Å²) >= 11 is 0. The lowest BCUT2D eigenvalue weighted by Crippen LogP contribution is -2.47. The van der Waals surface area contributed by atoms with E-state index in [9.17, 15) is 13.2 Å². The van der Waals surface area contributed by atoms with E-state index in [1.807, 2.05) is 21.9 Å². The van der Waals surface area contributed by atoms with Crippen molar-refractivity contribution in [3.05, 3.63) is 41.7 Å². The molecule has 124 valence electrons. The van der Waals surface area contributed by atoms with Gasteiger partial charge in [-0.1, -0.05) is 6.07 Å². The SMILES string of the molecule is N#Cc1cccc(N2CCN(c3ccc(C(F)(F)F)nn3)CC2)n1. The number of pyridine rings is 1. The molecule has 0 aliphatic carbocycles. The minimum absolute atomic E-state index is 0.350. The topological polar surface area (TPSA) is 68.9 Å². The Hall–Kier alpha value is -2.89. The van der Waals surface area contributed by atoms with Crippen LogP contribution < -0.4 is 9.80 Å². The fourth-order valence-electron chi connectivity index (χ4n) is 2.47. The zero-order valence-corrected chi connectivity index (χ0v) is 12.5. The van der Waals surface area contributed by atoms with Crippen LogP contribution in [0.1, 0.15) is 11.4 Å². The lowest BCUT2D eigenvalue weighted by atomic mass is 10.2. The highest BCUT2D eigenvalue weighted by Crippen LogP contribution is 2.27. The Morgan fingerprint density at radius 1 is 0.917 bits per heavy atom. The number of piperazine rings is 1. The minimum atomic E-state index is -4.48. The van der Waals surface area contributed by atoms with Crippen molar-refractivity contribution >= 4 is 11.6 Å². The van der Waals surface area contributed by atoms with Crippen LogP contribution in [0.4, 0.5) is 24.8 Å². The number of nitrogens with zero attached hydrogens (tertiary/aromatic N) is 6. The van der Waals surface area contributed by atoms with Crippen LogP contribution in [0, 0.1) is 11.3 Å². The Balaban J connectivity index is 1.65. The molecule has 3 heterocycles. The van der Waals surface area contributed by atoms with Crippen LogP contribution >= 0.6 is 0 Å². The second kappa shape index (κ2) is 6.31. The highest BCUT2D eigenvalue weighted by Gasteiger charge is 2.33. The number of hydrogen-bond acceptors (Lipinski definition) is 6. The van der Waals surface area contributed by atoms with Crippen molar-refractivity contribution < 1.29 is 13.2 Å². The monoisotopic (exact) mass is 334 g/mol. The summed E-state index contributed by atoms with van der Waals surface area (Å²) in [5.74, 6) is 1.13. The molecule has 0 amide bonds. The van der Waals surface area contributed by atoms with Crippen LogP contribution in [0.25, 0.3) is 0 Å². The molecule has 1 fully saturated rings. The molecule has 0 spiro atoms. The van der Waals surface area contributed by atoms with E-state index in [1.54, 1.807) is 12.1 Å². The summed E-state index contributed by atoms with van der Waals surface area (Å²) in [5.41, 5.74) is -0.647. The Morgan fingerprint density at radius 3 is 2.12 bits per heavy atom. The molecule has 0 saturated carbocycles. The van der Waals surface area contributed by atoms with E-state index >= 15 is 0 Å². The van der Waals surface area contributed by atoms with Crippen molar-refractivity contribution in [2.75, 3.05) is 36.0 Å². The molecule has 0 unspecified atom stereocenters. The normalized spacial score (nSPS) is 15.2. The number of halogens is 3. The first-order valence-electron chi connectivity index (χ1n) is 7.25. The average Bonchev–Trinajstić information content (AvgIpc) is 2.61. The predicted molar refractivity (Wildman–Crippen MR) is 80.4 cm³/mol. The summed E-state index contributed by atoms with van der Waals surface area (Å²) < 4.78 is 37.5. The van der Waals surface area contributed by atoms with E-state index in [-0.39, 0.29) is 0 Å². The van der Waals surface area contributed by atoms with Crippen LogP contribution in [-0.4, -0.2) is 41.4 Å². The van der Waals surface area contributed by atoms with Gasteiger partial charge in [-0.15, -0.1) is 10.2 Å². The van der Waals surface area contributed by atoms with Gasteiger partial charge in [0.2, 0.25) is 0 Å². The van der Waals surface area contributed by atoms with Gasteiger partial charge >= 0.3 is 6.18 Å². The van der Waals surface area contributed by atoms with Crippen molar-refractivity contribution in [1.29, 1.82) is 5.26 Å². The van der Waals surface area contributed by atoms with Gasteiger partial charge in [0.15, 0.2) is 11.5 Å². The Bertz CT molecular complexity index is 745. The highest BCUT2D eigenvalue weighted by molar-refractivity contribution is 5.46. The summed E-state index contributed by atoms with van der Waals surface area (Å²) in [7, 11) is 0. The van der Waals surface area contributed by atoms with Gasteiger partial charge in [-0.2, -0.15) is 18.4 Å². The van der Waals surface area contributed by atoms with Crippen molar-refractivity contribution in [2.24, 2.45) is 0 Å². The summed E-state index contributed by atoms with van der Waals surface area (Å²) in [4.78, 5) is 8.14. The molecule has 1 saturated heterocycles. The largest absolute Gasteiger partial charge is 0.435 e. The summed E-state index contributed by atoms with van der Waals surface area (Å²) in [5, 5.41) is 15.8. The molecule has 0 bridgehead atoms. The maximum absolute atomic E-state index is 12.5. The van der Waals surface area contributed by atoms with E-state index in [1.165, 1.54) is 6.07 Å². The molecule has 0 radical (unpaired) electrons. The fourth-order valence-corrected chi connectivity index (χ4v) is 2.47. The van der Waals surface area contributed by atoms with E-state index < -0.39 is 11.9 Å². The maximum atomic E-state index is 12.5. The van der Waals surface area contributed by atoms with Gasteiger partial charge in [0.1, 0.15) is 17.6 Å². The third-order valence-electron chi connectivity index (χ3n) is 3.72. The Morgan fingerprint density at radius 2 is 1.58 bits per heavy atom. The van der Waals surface area contributed by atoms with Crippen molar-refractivity contribution in [3.63, 3.8) is 0 Å². The molecule has 0 N–H and O–H groups in total. The number of rotatable bonds is 2. The molecule has 24 heavy (non-hydrogen) atoms. The number of nitriles is 1. The number of alkyl halides is 3. The van der Waals surface area contributed by atoms with Crippen LogP contribution in [0.2, 0.25) is 0 Å². The van der Waals surface area contributed by atoms with Gasteiger partial charge in [-0.05, 0) is 24.3 Å². The molecule has 1 aliphatic heterocycles. The zero-order valence-electron chi connectivity index (χ0n) is 12.5. The summed E-state index contributed by atoms with van der Waals surface area (Å²) in [6.07, 6.45) is -4.48. The Labute approximate surface area is 136 Å². The molecule has 0 atom stereocenters. The van der Waals surface area contributed by atoms with Crippen molar-refractivity contribution in [1.82, 2.24) is 15.2 Å². The molecular formula is C15H13F3N6. The second-order valence-corrected chi connectivity index (χ2v) is 5.24. The van der Waals surface area contributed by atoms with Gasteiger partial charge in [0, 0.05) is 26.2 Å². The molecule has 6 nitrogen and oxygen atoms in total. The zero-order chi connectivity index (χ0) is 17.2. The first-order chi connectivity index (χ1) is 11.5. The Kier molecular flexibility index (Phi) is 4.20. The lowest BCUT2D eigenvalue weighted by Gasteiger charge is -2.35. The van der Waals surface area contributed by atoms with Gasteiger partial charge in [0.25, 0.3) is 0 Å². The molecule has 3 rings (SSSR count). The van der Waals surface area contributed by atoms with E-state index in [4.69, 9.17) is 5.26 Å². The lowest BCUT2D eigenvalue weighted by molar-refractivity contribution is -0.141. The molecular weight excluding hydrogens is 321 g/mol. The first kappa shape index (κ1) is 16.0. The molecule has 1 aliphatic rings. The van der Waals surface area contributed by atoms with Crippen molar-refractivity contribution in [2.45, 2.75) is 6.18 Å². The van der Waals surface area contributed by atoms with Gasteiger partial charge in [0.05, 0.1) is 0 Å². The number of aromatic nitrogens is 3. The maximum Gasteiger partial charge on any atom is 0.435 e. The van der Waals surface area contributed by atoms with E-state index in [0.717, 1.165) is 6.07 Å². The standard InChI is InChI=1S/C15H13F3N6/c16-15(17,18)12-4-5-14(22-21-12)24-8-6-23(7-9-24)13-3-1-2-11(10-19)20-13/h1-5H,6-9H2. The number of hydrogen-bond donors (Lipinski definition) is 0. The van der Waals surface area contributed by atoms with Crippen LogP contribution in [0.5, 0.6) is 0 Å². The second-order valence-electron chi connectivity index (χ2n) is 5.24. The molecule has 0 aromatic carbocycles.